The van der Waals surface area contributed by atoms with E-state index in [1.54, 1.807) is 0 Å². The van der Waals surface area contributed by atoms with E-state index in [1.807, 2.05) is 19.9 Å². The Hall–Kier alpha value is -1.36. The lowest BCUT2D eigenvalue weighted by molar-refractivity contribution is -0.138. The number of aliphatic carboxylic acids is 1. The van der Waals surface area contributed by atoms with Gasteiger partial charge in [0, 0.05) is 10.9 Å². The van der Waals surface area contributed by atoms with E-state index in [0.717, 1.165) is 12.8 Å². The van der Waals surface area contributed by atoms with Gasteiger partial charge in [-0.05, 0) is 44.7 Å². The predicted molar refractivity (Wildman–Crippen MR) is 70.2 cm³/mol. The van der Waals surface area contributed by atoms with Crippen LogP contribution in [-0.4, -0.2) is 34.5 Å². The van der Waals surface area contributed by atoms with Crippen molar-refractivity contribution in [3.8, 4) is 0 Å². The van der Waals surface area contributed by atoms with E-state index >= 15 is 0 Å². The first-order valence-corrected chi connectivity index (χ1v) is 6.95. The molecular weight excluding hydrogens is 250 g/mol. The number of amides is 1. The number of carboxylic acids is 1. The minimum Gasteiger partial charge on any atom is -0.480 e. The van der Waals surface area contributed by atoms with Crippen molar-refractivity contribution in [2.24, 2.45) is 0 Å². The number of hydrogen-bond acceptors (Lipinski definition) is 3. The molecule has 0 radical (unpaired) electrons. The van der Waals surface area contributed by atoms with Crippen LogP contribution in [0.15, 0.2) is 6.07 Å². The van der Waals surface area contributed by atoms with E-state index in [-0.39, 0.29) is 18.5 Å². The van der Waals surface area contributed by atoms with Crippen molar-refractivity contribution in [1.29, 1.82) is 0 Å². The van der Waals surface area contributed by atoms with Crippen molar-refractivity contribution in [2.45, 2.75) is 39.2 Å². The van der Waals surface area contributed by atoms with Gasteiger partial charge in [0.1, 0.15) is 6.54 Å². The topological polar surface area (TPSA) is 57.6 Å². The van der Waals surface area contributed by atoms with Gasteiger partial charge in [0.05, 0.1) is 4.88 Å². The number of nitrogens with zero attached hydrogens (tertiary/aromatic N) is 1. The molecule has 0 aliphatic heterocycles. The van der Waals surface area contributed by atoms with Gasteiger partial charge in [-0.3, -0.25) is 9.59 Å². The van der Waals surface area contributed by atoms with E-state index in [0.29, 0.717) is 4.88 Å². The third-order valence-electron chi connectivity index (χ3n) is 3.15. The number of aryl methyl sites for hydroxylation is 2. The summed E-state index contributed by atoms with van der Waals surface area (Å²) in [5, 5.41) is 8.86. The minimum atomic E-state index is -0.971. The summed E-state index contributed by atoms with van der Waals surface area (Å²) >= 11 is 1.52. The van der Waals surface area contributed by atoms with Gasteiger partial charge < -0.3 is 10.0 Å². The van der Waals surface area contributed by atoms with Crippen LogP contribution in [0.25, 0.3) is 0 Å². The van der Waals surface area contributed by atoms with Crippen molar-refractivity contribution in [3.63, 3.8) is 0 Å². The van der Waals surface area contributed by atoms with Gasteiger partial charge in [0.25, 0.3) is 5.91 Å². The lowest BCUT2D eigenvalue weighted by Gasteiger charge is -2.24. The molecule has 4 nitrogen and oxygen atoms in total. The van der Waals surface area contributed by atoms with Crippen LogP contribution < -0.4 is 0 Å². The summed E-state index contributed by atoms with van der Waals surface area (Å²) in [5.41, 5.74) is 1.27. The van der Waals surface area contributed by atoms with Crippen LogP contribution in [0.2, 0.25) is 0 Å². The van der Waals surface area contributed by atoms with Crippen molar-refractivity contribution < 1.29 is 14.7 Å². The zero-order valence-electron chi connectivity index (χ0n) is 10.6. The van der Waals surface area contributed by atoms with Gasteiger partial charge in [-0.15, -0.1) is 11.3 Å². The van der Waals surface area contributed by atoms with E-state index in [1.165, 1.54) is 33.1 Å². The first-order valence-electron chi connectivity index (χ1n) is 6.13. The highest BCUT2D eigenvalue weighted by Gasteiger charge is 2.25. The fourth-order valence-electron chi connectivity index (χ4n) is 2.21. The van der Waals surface area contributed by atoms with Gasteiger partial charge in [-0.25, -0.2) is 0 Å². The normalized spacial score (nSPS) is 13.7. The minimum absolute atomic E-state index is 0.106. The predicted octanol–water partition coefficient (Wildman–Crippen LogP) is 2.17. The number of carbonyl (C=O) groups is 2. The van der Waals surface area contributed by atoms with Crippen LogP contribution in [-0.2, 0) is 17.6 Å². The molecule has 0 saturated heterocycles. The largest absolute Gasteiger partial charge is 0.480 e. The number of fused-ring (bicyclic) bond motifs is 1. The molecule has 0 atom stereocenters. The summed E-state index contributed by atoms with van der Waals surface area (Å²) < 4.78 is 0. The molecule has 1 heterocycles. The zero-order chi connectivity index (χ0) is 13.3. The molecule has 0 aromatic carbocycles. The number of rotatable bonds is 4. The highest BCUT2D eigenvalue weighted by molar-refractivity contribution is 7.14. The van der Waals surface area contributed by atoms with E-state index in [4.69, 9.17) is 5.11 Å². The molecule has 0 fully saturated rings. The molecule has 1 aromatic rings. The number of carboxylic acid groups (broad SMARTS) is 1. The molecule has 2 rings (SSSR count). The Morgan fingerprint density at radius 1 is 1.44 bits per heavy atom. The standard InChI is InChI=1S/C13H17NO3S/c1-8(2)14(7-12(15)16)13(17)11-6-9-4-3-5-10(9)18-11/h6,8H,3-5,7H2,1-2H3,(H,15,16). The maximum absolute atomic E-state index is 12.3. The second kappa shape index (κ2) is 5.10. The van der Waals surface area contributed by atoms with Crippen LogP contribution >= 0.6 is 11.3 Å². The molecule has 1 aliphatic rings. The van der Waals surface area contributed by atoms with Crippen LogP contribution in [0.3, 0.4) is 0 Å². The Morgan fingerprint density at radius 2 is 2.17 bits per heavy atom. The second-order valence-electron chi connectivity index (χ2n) is 4.83. The van der Waals surface area contributed by atoms with E-state index < -0.39 is 5.97 Å². The van der Waals surface area contributed by atoms with Gasteiger partial charge >= 0.3 is 5.97 Å². The van der Waals surface area contributed by atoms with Crippen LogP contribution in [0.1, 0.15) is 40.4 Å². The van der Waals surface area contributed by atoms with Crippen LogP contribution in [0.4, 0.5) is 0 Å². The van der Waals surface area contributed by atoms with Crippen molar-refractivity contribution in [3.05, 3.63) is 21.4 Å². The Bertz CT molecular complexity index is 457. The van der Waals surface area contributed by atoms with Gasteiger partial charge in [0.15, 0.2) is 0 Å². The first kappa shape index (κ1) is 13.1. The molecule has 0 bridgehead atoms. The average Bonchev–Trinajstić information content (AvgIpc) is 2.83. The highest BCUT2D eigenvalue weighted by Crippen LogP contribution is 2.31. The first-order chi connectivity index (χ1) is 8.49. The summed E-state index contributed by atoms with van der Waals surface area (Å²) in [5.74, 6) is -1.13. The maximum atomic E-state index is 12.3. The second-order valence-corrected chi connectivity index (χ2v) is 5.97. The van der Waals surface area contributed by atoms with E-state index in [2.05, 4.69) is 0 Å². The number of carbonyl (C=O) groups excluding carboxylic acids is 1. The fourth-order valence-corrected chi connectivity index (χ4v) is 3.42. The van der Waals surface area contributed by atoms with Crippen molar-refractivity contribution in [1.82, 2.24) is 4.90 Å². The van der Waals surface area contributed by atoms with Gasteiger partial charge in [0.2, 0.25) is 0 Å². The average molecular weight is 267 g/mol. The molecule has 0 spiro atoms. The summed E-state index contributed by atoms with van der Waals surface area (Å²) in [7, 11) is 0. The quantitative estimate of drug-likeness (QED) is 0.909. The third-order valence-corrected chi connectivity index (χ3v) is 4.37. The Morgan fingerprint density at radius 3 is 2.72 bits per heavy atom. The molecule has 98 valence electrons. The number of hydrogen-bond donors (Lipinski definition) is 1. The van der Waals surface area contributed by atoms with Crippen LogP contribution in [0, 0.1) is 0 Å². The molecule has 18 heavy (non-hydrogen) atoms. The lowest BCUT2D eigenvalue weighted by atomic mass is 10.2. The molecule has 0 saturated carbocycles. The van der Waals surface area contributed by atoms with Gasteiger partial charge in [-0.1, -0.05) is 0 Å². The van der Waals surface area contributed by atoms with Crippen LogP contribution in [0.5, 0.6) is 0 Å². The monoisotopic (exact) mass is 267 g/mol. The summed E-state index contributed by atoms with van der Waals surface area (Å²) in [6.07, 6.45) is 3.26. The highest BCUT2D eigenvalue weighted by atomic mass is 32.1. The molecule has 0 unspecified atom stereocenters. The van der Waals surface area contributed by atoms with Crippen molar-refractivity contribution in [2.75, 3.05) is 6.54 Å². The maximum Gasteiger partial charge on any atom is 0.323 e. The molecule has 1 aromatic heterocycles. The summed E-state index contributed by atoms with van der Waals surface area (Å²) in [6.45, 7) is 3.43. The molecule has 1 N–H and O–H groups in total. The third kappa shape index (κ3) is 2.56. The molecule has 1 aliphatic carbocycles. The fraction of sp³-hybridized carbons (Fsp3) is 0.538. The Balaban J connectivity index is 2.19. The Labute approximate surface area is 110 Å². The SMILES string of the molecule is CC(C)N(CC(=O)O)C(=O)c1cc2c(s1)CCC2. The Kier molecular flexibility index (Phi) is 3.71. The smallest absolute Gasteiger partial charge is 0.323 e. The molecule has 1 amide bonds. The van der Waals surface area contributed by atoms with Crippen molar-refractivity contribution >= 4 is 23.2 Å². The lowest BCUT2D eigenvalue weighted by Crippen LogP contribution is -2.40. The molecule has 5 heteroatoms. The molecular formula is C13H17NO3S. The zero-order valence-corrected chi connectivity index (χ0v) is 11.4. The summed E-state index contributed by atoms with van der Waals surface area (Å²) in [4.78, 5) is 26.5. The van der Waals surface area contributed by atoms with E-state index in [9.17, 15) is 9.59 Å². The number of thiophene rings is 1. The van der Waals surface area contributed by atoms with Gasteiger partial charge in [-0.2, -0.15) is 0 Å². The summed E-state index contributed by atoms with van der Waals surface area (Å²) in [6, 6.07) is 1.83.